The van der Waals surface area contributed by atoms with Crippen LogP contribution in [0.2, 0.25) is 5.02 Å². The summed E-state index contributed by atoms with van der Waals surface area (Å²) in [5.74, 6) is -0.200. The van der Waals surface area contributed by atoms with E-state index in [0.717, 1.165) is 24.2 Å². The number of sulfonamides is 1. The molecular formula is C15H15ClN2O3S2. The normalized spacial score (nSPS) is 14.9. The van der Waals surface area contributed by atoms with Crippen LogP contribution in [0.25, 0.3) is 0 Å². The molecule has 1 aliphatic heterocycles. The number of benzene rings is 1. The number of amides is 1. The van der Waals surface area contributed by atoms with Crippen LogP contribution in [-0.4, -0.2) is 32.3 Å². The molecule has 2 aromatic rings. The van der Waals surface area contributed by atoms with Crippen LogP contribution in [-0.2, 0) is 10.0 Å². The molecule has 0 spiro atoms. The molecule has 0 atom stereocenters. The Hall–Kier alpha value is -1.57. The molecule has 0 saturated carbocycles. The predicted molar refractivity (Wildman–Crippen MR) is 91.7 cm³/mol. The zero-order valence-electron chi connectivity index (χ0n) is 12.2. The molecule has 122 valence electrons. The maximum atomic E-state index is 12.6. The van der Waals surface area contributed by atoms with Crippen LogP contribution in [0, 0.1) is 0 Å². The summed E-state index contributed by atoms with van der Waals surface area (Å²) < 4.78 is 27.5. The Morgan fingerprint density at radius 1 is 1.22 bits per heavy atom. The van der Waals surface area contributed by atoms with Crippen LogP contribution in [0.4, 0.5) is 5.69 Å². The minimum Gasteiger partial charge on any atom is -0.339 e. The second kappa shape index (κ2) is 6.51. The van der Waals surface area contributed by atoms with Crippen molar-refractivity contribution in [3.05, 3.63) is 46.3 Å². The van der Waals surface area contributed by atoms with Crippen LogP contribution >= 0.6 is 22.9 Å². The SMILES string of the molecule is O=C(c1cc(Cl)ccc1NS(=O)(=O)c1cccs1)N1CCCC1. The number of carbonyl (C=O) groups excluding carboxylic acids is 1. The van der Waals surface area contributed by atoms with Crippen LogP contribution in [0.15, 0.2) is 39.9 Å². The van der Waals surface area contributed by atoms with Crippen molar-refractivity contribution >= 4 is 44.6 Å². The Labute approximate surface area is 143 Å². The number of likely N-dealkylation sites (tertiary alicyclic amines) is 1. The monoisotopic (exact) mass is 370 g/mol. The highest BCUT2D eigenvalue weighted by Crippen LogP contribution is 2.27. The van der Waals surface area contributed by atoms with E-state index in [2.05, 4.69) is 4.72 Å². The minimum absolute atomic E-state index is 0.200. The molecule has 3 rings (SSSR count). The lowest BCUT2D eigenvalue weighted by molar-refractivity contribution is 0.0794. The van der Waals surface area contributed by atoms with Gasteiger partial charge in [-0.3, -0.25) is 9.52 Å². The molecule has 0 bridgehead atoms. The van der Waals surface area contributed by atoms with E-state index in [9.17, 15) is 13.2 Å². The fourth-order valence-electron chi connectivity index (χ4n) is 2.48. The first-order chi connectivity index (χ1) is 11.0. The van der Waals surface area contributed by atoms with Gasteiger partial charge in [0.1, 0.15) is 4.21 Å². The molecule has 5 nitrogen and oxygen atoms in total. The first-order valence-electron chi connectivity index (χ1n) is 7.12. The molecule has 1 aromatic carbocycles. The quantitative estimate of drug-likeness (QED) is 0.896. The fourth-order valence-corrected chi connectivity index (χ4v) is 4.73. The lowest BCUT2D eigenvalue weighted by Crippen LogP contribution is -2.28. The average Bonchev–Trinajstić information content (AvgIpc) is 3.21. The Morgan fingerprint density at radius 3 is 2.61 bits per heavy atom. The average molecular weight is 371 g/mol. The van der Waals surface area contributed by atoms with Crippen molar-refractivity contribution in [2.45, 2.75) is 17.1 Å². The molecule has 1 N–H and O–H groups in total. The molecule has 23 heavy (non-hydrogen) atoms. The third kappa shape index (κ3) is 3.52. The van der Waals surface area contributed by atoms with Crippen molar-refractivity contribution in [3.63, 3.8) is 0 Å². The van der Waals surface area contributed by atoms with Gasteiger partial charge in [-0.1, -0.05) is 17.7 Å². The summed E-state index contributed by atoms with van der Waals surface area (Å²) >= 11 is 7.11. The second-order valence-corrected chi connectivity index (χ2v) is 8.52. The van der Waals surface area contributed by atoms with Crippen LogP contribution in [0.3, 0.4) is 0 Å². The number of anilines is 1. The first kappa shape index (κ1) is 16.3. The third-order valence-corrected chi connectivity index (χ3v) is 6.61. The van der Waals surface area contributed by atoms with Crippen molar-refractivity contribution in [1.29, 1.82) is 0 Å². The van der Waals surface area contributed by atoms with E-state index in [1.165, 1.54) is 18.2 Å². The van der Waals surface area contributed by atoms with Gasteiger partial charge in [-0.05, 0) is 42.5 Å². The summed E-state index contributed by atoms with van der Waals surface area (Å²) in [6, 6.07) is 7.78. The van der Waals surface area contributed by atoms with Crippen molar-refractivity contribution in [3.8, 4) is 0 Å². The van der Waals surface area contributed by atoms with Gasteiger partial charge in [0, 0.05) is 18.1 Å². The number of nitrogens with zero attached hydrogens (tertiary/aromatic N) is 1. The predicted octanol–water partition coefficient (Wildman–Crippen LogP) is 3.44. The zero-order chi connectivity index (χ0) is 16.4. The minimum atomic E-state index is -3.71. The van der Waals surface area contributed by atoms with Gasteiger partial charge < -0.3 is 4.90 Å². The number of hydrogen-bond acceptors (Lipinski definition) is 4. The molecular weight excluding hydrogens is 356 g/mol. The van der Waals surface area contributed by atoms with Crippen molar-refractivity contribution in [2.75, 3.05) is 17.8 Å². The van der Waals surface area contributed by atoms with E-state index < -0.39 is 10.0 Å². The number of hydrogen-bond donors (Lipinski definition) is 1. The lowest BCUT2D eigenvalue weighted by Gasteiger charge is -2.18. The summed E-state index contributed by atoms with van der Waals surface area (Å²) in [6.45, 7) is 1.37. The number of halogens is 1. The lowest BCUT2D eigenvalue weighted by atomic mass is 10.1. The summed E-state index contributed by atoms with van der Waals surface area (Å²) in [4.78, 5) is 14.3. The number of nitrogens with one attached hydrogen (secondary N) is 1. The maximum absolute atomic E-state index is 12.6. The number of thiophene rings is 1. The van der Waals surface area contributed by atoms with Gasteiger partial charge in [-0.2, -0.15) is 0 Å². The molecule has 1 fully saturated rings. The highest BCUT2D eigenvalue weighted by molar-refractivity contribution is 7.94. The third-order valence-electron chi connectivity index (χ3n) is 3.61. The van der Waals surface area contributed by atoms with Gasteiger partial charge >= 0.3 is 0 Å². The Kier molecular flexibility index (Phi) is 4.61. The fraction of sp³-hybridized carbons (Fsp3) is 0.267. The van der Waals surface area contributed by atoms with Crippen LogP contribution < -0.4 is 4.72 Å². The highest BCUT2D eigenvalue weighted by Gasteiger charge is 2.24. The van der Waals surface area contributed by atoms with Crippen molar-refractivity contribution in [1.82, 2.24) is 4.90 Å². The van der Waals surface area contributed by atoms with E-state index in [1.54, 1.807) is 22.4 Å². The van der Waals surface area contributed by atoms with Gasteiger partial charge in [0.25, 0.3) is 15.9 Å². The molecule has 1 saturated heterocycles. The van der Waals surface area contributed by atoms with E-state index in [0.29, 0.717) is 18.1 Å². The largest absolute Gasteiger partial charge is 0.339 e. The van der Waals surface area contributed by atoms with Gasteiger partial charge in [-0.25, -0.2) is 8.42 Å². The molecule has 1 aromatic heterocycles. The van der Waals surface area contributed by atoms with Crippen LogP contribution in [0.5, 0.6) is 0 Å². The maximum Gasteiger partial charge on any atom is 0.271 e. The van der Waals surface area contributed by atoms with Gasteiger partial charge in [0.2, 0.25) is 0 Å². The standard InChI is InChI=1S/C15H15ClN2O3S2/c16-11-5-6-13(17-23(20,21)14-4-3-9-22-14)12(10-11)15(19)18-7-1-2-8-18/h3-6,9-10,17H,1-2,7-8H2. The summed E-state index contributed by atoms with van der Waals surface area (Å²) in [5.41, 5.74) is 0.527. The molecule has 0 aliphatic carbocycles. The van der Waals surface area contributed by atoms with E-state index in [-0.39, 0.29) is 21.4 Å². The van der Waals surface area contributed by atoms with Gasteiger partial charge in [0.05, 0.1) is 11.3 Å². The Morgan fingerprint density at radius 2 is 1.96 bits per heavy atom. The van der Waals surface area contributed by atoms with Crippen LogP contribution in [0.1, 0.15) is 23.2 Å². The van der Waals surface area contributed by atoms with Gasteiger partial charge in [0.15, 0.2) is 0 Å². The summed E-state index contributed by atoms with van der Waals surface area (Å²) in [6.07, 6.45) is 1.92. The second-order valence-electron chi connectivity index (χ2n) is 5.23. The molecule has 0 radical (unpaired) electrons. The molecule has 1 aliphatic rings. The zero-order valence-corrected chi connectivity index (χ0v) is 14.5. The van der Waals surface area contributed by atoms with Crippen molar-refractivity contribution in [2.24, 2.45) is 0 Å². The number of carbonyl (C=O) groups is 1. The molecule has 2 heterocycles. The van der Waals surface area contributed by atoms with E-state index >= 15 is 0 Å². The first-order valence-corrected chi connectivity index (χ1v) is 9.86. The molecule has 8 heteroatoms. The Bertz CT molecular complexity index is 813. The number of rotatable bonds is 4. The Balaban J connectivity index is 1.95. The smallest absolute Gasteiger partial charge is 0.271 e. The van der Waals surface area contributed by atoms with Gasteiger partial charge in [-0.15, -0.1) is 11.3 Å². The highest BCUT2D eigenvalue weighted by atomic mass is 35.5. The molecule has 1 amide bonds. The van der Waals surface area contributed by atoms with E-state index in [1.807, 2.05) is 0 Å². The molecule has 0 unspecified atom stereocenters. The van der Waals surface area contributed by atoms with Crippen molar-refractivity contribution < 1.29 is 13.2 Å². The summed E-state index contributed by atoms with van der Waals surface area (Å²) in [5, 5.41) is 2.08. The summed E-state index contributed by atoms with van der Waals surface area (Å²) in [7, 11) is -3.71. The topological polar surface area (TPSA) is 66.5 Å². The van der Waals surface area contributed by atoms with E-state index in [4.69, 9.17) is 11.6 Å².